The van der Waals surface area contributed by atoms with Crippen molar-refractivity contribution in [2.24, 2.45) is 0 Å². The van der Waals surface area contributed by atoms with E-state index in [4.69, 9.17) is 0 Å². The summed E-state index contributed by atoms with van der Waals surface area (Å²) in [6, 6.07) is 4.03. The van der Waals surface area contributed by atoms with Gasteiger partial charge < -0.3 is 0 Å². The molecule has 0 fully saturated rings. The van der Waals surface area contributed by atoms with Crippen molar-refractivity contribution in [1.29, 1.82) is 0 Å². The van der Waals surface area contributed by atoms with Gasteiger partial charge in [-0.2, -0.15) is 0 Å². The lowest BCUT2D eigenvalue weighted by atomic mass is 10.1. The number of benzene rings is 1. The normalized spacial score (nSPS) is 9.89. The van der Waals surface area contributed by atoms with E-state index in [-0.39, 0.29) is 18.0 Å². The number of nitro groups is 1. The molecule has 0 aliphatic heterocycles. The van der Waals surface area contributed by atoms with Crippen molar-refractivity contribution in [2.45, 2.75) is 26.7 Å². The van der Waals surface area contributed by atoms with Gasteiger partial charge in [0.25, 0.3) is 5.69 Å². The molecule has 96 valence electrons. The predicted molar refractivity (Wildman–Crippen MR) is 66.3 cm³/mol. The minimum atomic E-state index is -0.518. The highest BCUT2D eigenvalue weighted by Gasteiger charge is 2.17. The maximum atomic E-state index is 11.7. The molecule has 0 saturated carbocycles. The van der Waals surface area contributed by atoms with Crippen molar-refractivity contribution >= 4 is 23.7 Å². The quantitative estimate of drug-likeness (QED) is 0.455. The van der Waals surface area contributed by atoms with E-state index < -0.39 is 4.92 Å². The Bertz CT molecular complexity index is 485. The fraction of sp³-hybridized carbons (Fsp3) is 0.333. The van der Waals surface area contributed by atoms with Crippen LogP contribution >= 0.6 is 0 Å². The van der Waals surface area contributed by atoms with Crippen molar-refractivity contribution in [2.75, 3.05) is 4.90 Å². The molecule has 0 unspecified atom stereocenters. The smallest absolute Gasteiger partial charge is 0.269 e. The lowest BCUT2D eigenvalue weighted by Crippen LogP contribution is -2.29. The molecule has 0 spiro atoms. The van der Waals surface area contributed by atoms with Crippen LogP contribution in [-0.2, 0) is 9.59 Å². The van der Waals surface area contributed by atoms with Gasteiger partial charge in [-0.15, -0.1) is 0 Å². The van der Waals surface area contributed by atoms with E-state index >= 15 is 0 Å². The minimum Gasteiger partial charge on any atom is -0.278 e. The van der Waals surface area contributed by atoms with Crippen molar-refractivity contribution in [3.8, 4) is 0 Å². The van der Waals surface area contributed by atoms with E-state index in [9.17, 15) is 19.7 Å². The second-order valence-corrected chi connectivity index (χ2v) is 3.85. The summed E-state index contributed by atoms with van der Waals surface area (Å²) in [6.07, 6.45) is 1.33. The zero-order valence-corrected chi connectivity index (χ0v) is 10.3. The number of anilines is 1. The molecule has 0 atom stereocenters. The SMILES string of the molecule is CCCC(=O)N(C=O)c1ccc([N+](=O)[O-])cc1C. The van der Waals surface area contributed by atoms with E-state index in [0.29, 0.717) is 24.1 Å². The molecule has 0 saturated heterocycles. The Morgan fingerprint density at radius 2 is 2.17 bits per heavy atom. The molecule has 1 aromatic carbocycles. The van der Waals surface area contributed by atoms with Crippen LogP contribution in [0, 0.1) is 17.0 Å². The summed E-state index contributed by atoms with van der Waals surface area (Å²) >= 11 is 0. The summed E-state index contributed by atoms with van der Waals surface area (Å²) in [7, 11) is 0. The molecule has 0 bridgehead atoms. The van der Waals surface area contributed by atoms with Crippen LogP contribution in [0.15, 0.2) is 18.2 Å². The zero-order valence-electron chi connectivity index (χ0n) is 10.3. The number of hydrogen-bond acceptors (Lipinski definition) is 4. The molecule has 0 aromatic heterocycles. The number of non-ortho nitro benzene ring substituents is 1. The lowest BCUT2D eigenvalue weighted by molar-refractivity contribution is -0.384. The summed E-state index contributed by atoms with van der Waals surface area (Å²) in [6.45, 7) is 3.46. The van der Waals surface area contributed by atoms with E-state index in [1.54, 1.807) is 6.92 Å². The topological polar surface area (TPSA) is 80.5 Å². The maximum Gasteiger partial charge on any atom is 0.269 e. The number of hydrogen-bond donors (Lipinski definition) is 0. The highest BCUT2D eigenvalue weighted by Crippen LogP contribution is 2.24. The summed E-state index contributed by atoms with van der Waals surface area (Å²) in [5, 5.41) is 10.6. The highest BCUT2D eigenvalue weighted by molar-refractivity contribution is 6.07. The van der Waals surface area contributed by atoms with Crippen LogP contribution in [0.25, 0.3) is 0 Å². The van der Waals surface area contributed by atoms with Gasteiger partial charge in [-0.3, -0.25) is 24.6 Å². The first-order valence-electron chi connectivity index (χ1n) is 5.53. The van der Waals surface area contributed by atoms with Gasteiger partial charge in [-0.25, -0.2) is 0 Å². The molecule has 6 heteroatoms. The summed E-state index contributed by atoms with van der Waals surface area (Å²) < 4.78 is 0. The van der Waals surface area contributed by atoms with Gasteiger partial charge in [0.1, 0.15) is 0 Å². The van der Waals surface area contributed by atoms with E-state index in [0.717, 1.165) is 4.90 Å². The Labute approximate surface area is 104 Å². The first-order chi connectivity index (χ1) is 8.51. The first kappa shape index (κ1) is 13.8. The lowest BCUT2D eigenvalue weighted by Gasteiger charge is -2.17. The average Bonchev–Trinajstić information content (AvgIpc) is 2.32. The van der Waals surface area contributed by atoms with Gasteiger partial charge in [-0.05, 0) is 25.0 Å². The summed E-state index contributed by atoms with van der Waals surface area (Å²) in [5.41, 5.74) is 0.833. The molecule has 1 aromatic rings. The fourth-order valence-corrected chi connectivity index (χ4v) is 1.61. The third-order valence-electron chi connectivity index (χ3n) is 2.49. The van der Waals surface area contributed by atoms with Crippen molar-refractivity contribution in [3.63, 3.8) is 0 Å². The van der Waals surface area contributed by atoms with Gasteiger partial charge >= 0.3 is 0 Å². The standard InChI is InChI=1S/C12H14N2O4/c1-3-4-12(16)13(8-15)11-6-5-10(14(17)18)7-9(11)2/h5-8H,3-4H2,1-2H3. The maximum absolute atomic E-state index is 11.7. The van der Waals surface area contributed by atoms with Crippen molar-refractivity contribution in [3.05, 3.63) is 33.9 Å². The molecule has 0 aliphatic rings. The summed E-state index contributed by atoms with van der Waals surface area (Å²) in [5.74, 6) is -0.315. The van der Waals surface area contributed by atoms with Crippen LogP contribution in [0.1, 0.15) is 25.3 Å². The number of carbonyl (C=O) groups excluding carboxylic acids is 2. The molecule has 0 aliphatic carbocycles. The molecular weight excluding hydrogens is 236 g/mol. The molecule has 0 N–H and O–H groups in total. The molecule has 18 heavy (non-hydrogen) atoms. The first-order valence-corrected chi connectivity index (χ1v) is 5.53. The summed E-state index contributed by atoms with van der Waals surface area (Å²) in [4.78, 5) is 33.7. The highest BCUT2D eigenvalue weighted by atomic mass is 16.6. The van der Waals surface area contributed by atoms with Gasteiger partial charge in [0.2, 0.25) is 12.3 Å². The number of carbonyl (C=O) groups is 2. The van der Waals surface area contributed by atoms with E-state index in [1.807, 2.05) is 6.92 Å². The number of aryl methyl sites for hydroxylation is 1. The Kier molecular flexibility index (Phi) is 4.53. The fourth-order valence-electron chi connectivity index (χ4n) is 1.61. The monoisotopic (exact) mass is 250 g/mol. The number of nitro benzene ring substituents is 1. The molecular formula is C12H14N2O4. The van der Waals surface area contributed by atoms with Gasteiger partial charge in [0.05, 0.1) is 10.6 Å². The molecule has 0 radical (unpaired) electrons. The average molecular weight is 250 g/mol. The third-order valence-corrected chi connectivity index (χ3v) is 2.49. The molecule has 6 nitrogen and oxygen atoms in total. The largest absolute Gasteiger partial charge is 0.278 e. The van der Waals surface area contributed by atoms with Crippen molar-refractivity contribution < 1.29 is 14.5 Å². The Balaban J connectivity index is 3.11. The predicted octanol–water partition coefficient (Wildman–Crippen LogP) is 2.19. The zero-order chi connectivity index (χ0) is 13.7. The Morgan fingerprint density at radius 3 is 2.61 bits per heavy atom. The molecule has 0 heterocycles. The second kappa shape index (κ2) is 5.90. The molecule has 1 rings (SSSR count). The number of rotatable bonds is 5. The van der Waals surface area contributed by atoms with Crippen molar-refractivity contribution in [1.82, 2.24) is 0 Å². The Morgan fingerprint density at radius 1 is 1.50 bits per heavy atom. The number of imide groups is 1. The van der Waals surface area contributed by atoms with E-state index in [2.05, 4.69) is 0 Å². The number of amides is 2. The molecule has 2 amide bonds. The minimum absolute atomic E-state index is 0.0648. The second-order valence-electron chi connectivity index (χ2n) is 3.85. The van der Waals surface area contributed by atoms with Crippen LogP contribution in [0.2, 0.25) is 0 Å². The van der Waals surface area contributed by atoms with E-state index in [1.165, 1.54) is 18.2 Å². The third kappa shape index (κ3) is 2.91. The van der Waals surface area contributed by atoms with Crippen LogP contribution < -0.4 is 4.90 Å². The van der Waals surface area contributed by atoms with Crippen LogP contribution in [0.5, 0.6) is 0 Å². The van der Waals surface area contributed by atoms with Gasteiger partial charge in [-0.1, -0.05) is 6.92 Å². The van der Waals surface area contributed by atoms with Crippen LogP contribution in [0.4, 0.5) is 11.4 Å². The van der Waals surface area contributed by atoms with Gasteiger partial charge in [0.15, 0.2) is 0 Å². The Hall–Kier alpha value is -2.24. The van der Waals surface area contributed by atoms with Crippen LogP contribution in [0.3, 0.4) is 0 Å². The van der Waals surface area contributed by atoms with Gasteiger partial charge in [0, 0.05) is 18.6 Å². The number of nitrogens with zero attached hydrogens (tertiary/aromatic N) is 2. The van der Waals surface area contributed by atoms with Crippen LogP contribution in [-0.4, -0.2) is 17.2 Å².